The average molecular weight is 188 g/mol. The van der Waals surface area contributed by atoms with E-state index in [1.165, 1.54) is 11.1 Å². The molecule has 1 nitrogen and oxygen atoms in total. The molecule has 0 aliphatic heterocycles. The molecule has 74 valence electrons. The van der Waals surface area contributed by atoms with E-state index in [0.29, 0.717) is 0 Å². The minimum atomic E-state index is 0.898. The molecular weight excluding hydrogens is 172 g/mol. The molecule has 0 aromatic heterocycles. The van der Waals surface area contributed by atoms with Gasteiger partial charge >= 0.3 is 0 Å². The maximum atomic E-state index is 5.17. The van der Waals surface area contributed by atoms with Crippen LogP contribution in [0.3, 0.4) is 0 Å². The highest BCUT2D eigenvalue weighted by Crippen LogP contribution is 2.19. The summed E-state index contributed by atoms with van der Waals surface area (Å²) in [4.78, 5) is 0. The van der Waals surface area contributed by atoms with Crippen molar-refractivity contribution in [3.63, 3.8) is 0 Å². The molecule has 0 bridgehead atoms. The predicted molar refractivity (Wildman–Crippen MR) is 61.6 cm³/mol. The molecule has 0 atom stereocenters. The van der Waals surface area contributed by atoms with Crippen LogP contribution in [0.5, 0.6) is 5.75 Å². The summed E-state index contributed by atoms with van der Waals surface area (Å²) in [5, 5.41) is 0. The molecule has 0 aliphatic carbocycles. The Kier molecular flexibility index (Phi) is 3.99. The van der Waals surface area contributed by atoms with Crippen molar-refractivity contribution in [2.24, 2.45) is 0 Å². The Morgan fingerprint density at radius 3 is 2.71 bits per heavy atom. The number of hydrogen-bond acceptors (Lipinski definition) is 1. The topological polar surface area (TPSA) is 9.23 Å². The van der Waals surface area contributed by atoms with Gasteiger partial charge in [-0.15, -0.1) is 6.58 Å². The molecule has 0 spiro atoms. The summed E-state index contributed by atoms with van der Waals surface area (Å²) in [6.45, 7) is 7.51. The smallest absolute Gasteiger partial charge is 0.119 e. The molecule has 1 rings (SSSR count). The summed E-state index contributed by atoms with van der Waals surface area (Å²) in [6, 6.07) is 6.04. The molecule has 1 aromatic rings. The Labute approximate surface area is 85.7 Å². The van der Waals surface area contributed by atoms with Crippen LogP contribution in [0.2, 0.25) is 0 Å². The third-order valence-electron chi connectivity index (χ3n) is 2.19. The van der Waals surface area contributed by atoms with Gasteiger partial charge in [-0.3, -0.25) is 0 Å². The molecule has 0 unspecified atom stereocenters. The minimum absolute atomic E-state index is 0.898. The summed E-state index contributed by atoms with van der Waals surface area (Å²) in [7, 11) is 1.68. The first-order chi connectivity index (χ1) is 6.81. The van der Waals surface area contributed by atoms with E-state index >= 15 is 0 Å². The first kappa shape index (κ1) is 10.6. The van der Waals surface area contributed by atoms with Crippen molar-refractivity contribution in [3.8, 4) is 5.75 Å². The van der Waals surface area contributed by atoms with Crippen molar-refractivity contribution in [1.29, 1.82) is 0 Å². The van der Waals surface area contributed by atoms with Crippen molar-refractivity contribution in [1.82, 2.24) is 0 Å². The number of aryl methyl sites for hydroxylation is 1. The van der Waals surface area contributed by atoms with Gasteiger partial charge in [0.25, 0.3) is 0 Å². The number of hydrogen-bond donors (Lipinski definition) is 0. The van der Waals surface area contributed by atoms with Gasteiger partial charge in [0.2, 0.25) is 0 Å². The summed E-state index contributed by atoms with van der Waals surface area (Å²) >= 11 is 0. The van der Waals surface area contributed by atoms with Gasteiger partial charge in [0, 0.05) is 0 Å². The van der Waals surface area contributed by atoms with E-state index in [2.05, 4.69) is 19.2 Å². The molecule has 0 fully saturated rings. The zero-order valence-electron chi connectivity index (χ0n) is 8.62. The molecule has 0 radical (unpaired) electrons. The molecule has 0 saturated heterocycles. The molecule has 1 heteroatoms. The zero-order chi connectivity index (χ0) is 10.4. The third-order valence-corrected chi connectivity index (χ3v) is 2.19. The standard InChI is InChI=1S/C13H16O/c1-4-6-7-12-10-13(14-3)9-8-11(12)5-2/h4-5,8-10H,1-2,6-7H2,3H3. The van der Waals surface area contributed by atoms with Crippen LogP contribution < -0.4 is 4.74 Å². The van der Waals surface area contributed by atoms with Crippen LogP contribution in [0.15, 0.2) is 37.4 Å². The number of benzene rings is 1. The number of ether oxygens (including phenoxy) is 1. The fraction of sp³-hybridized carbons (Fsp3) is 0.231. The van der Waals surface area contributed by atoms with E-state index in [4.69, 9.17) is 4.74 Å². The number of methoxy groups -OCH3 is 1. The van der Waals surface area contributed by atoms with E-state index in [1.54, 1.807) is 7.11 Å². The van der Waals surface area contributed by atoms with Crippen molar-refractivity contribution >= 4 is 6.08 Å². The summed E-state index contributed by atoms with van der Waals surface area (Å²) in [5.74, 6) is 0.898. The molecule has 0 amide bonds. The van der Waals surface area contributed by atoms with Gasteiger partial charge in [-0.2, -0.15) is 0 Å². The monoisotopic (exact) mass is 188 g/mol. The molecule has 0 heterocycles. The maximum absolute atomic E-state index is 5.17. The fourth-order valence-electron chi connectivity index (χ4n) is 1.38. The Morgan fingerprint density at radius 1 is 1.36 bits per heavy atom. The Morgan fingerprint density at radius 2 is 2.14 bits per heavy atom. The first-order valence-corrected chi connectivity index (χ1v) is 4.72. The van der Waals surface area contributed by atoms with Crippen molar-refractivity contribution in [2.45, 2.75) is 12.8 Å². The Balaban J connectivity index is 2.95. The molecule has 0 aliphatic rings. The van der Waals surface area contributed by atoms with Crippen molar-refractivity contribution < 1.29 is 4.74 Å². The number of rotatable bonds is 5. The minimum Gasteiger partial charge on any atom is -0.497 e. The molecule has 14 heavy (non-hydrogen) atoms. The van der Waals surface area contributed by atoms with E-state index in [-0.39, 0.29) is 0 Å². The van der Waals surface area contributed by atoms with E-state index in [1.807, 2.05) is 24.3 Å². The quantitative estimate of drug-likeness (QED) is 0.643. The largest absolute Gasteiger partial charge is 0.497 e. The van der Waals surface area contributed by atoms with Crippen LogP contribution in [0.4, 0.5) is 0 Å². The van der Waals surface area contributed by atoms with Crippen molar-refractivity contribution in [3.05, 3.63) is 48.6 Å². The number of allylic oxidation sites excluding steroid dienone is 1. The molecule has 0 saturated carbocycles. The van der Waals surface area contributed by atoms with Crippen LogP contribution >= 0.6 is 0 Å². The summed E-state index contributed by atoms with van der Waals surface area (Å²) in [5.41, 5.74) is 2.44. The van der Waals surface area contributed by atoms with Gasteiger partial charge in [-0.1, -0.05) is 24.8 Å². The SMILES string of the molecule is C=CCCc1cc(OC)ccc1C=C. The van der Waals surface area contributed by atoms with Gasteiger partial charge in [0.1, 0.15) is 5.75 Å². The lowest BCUT2D eigenvalue weighted by Crippen LogP contribution is -1.91. The highest BCUT2D eigenvalue weighted by atomic mass is 16.5. The summed E-state index contributed by atoms with van der Waals surface area (Å²) < 4.78 is 5.17. The Hall–Kier alpha value is -1.50. The van der Waals surface area contributed by atoms with Crippen LogP contribution in [0.1, 0.15) is 17.5 Å². The second kappa shape index (κ2) is 5.28. The van der Waals surface area contributed by atoms with Crippen molar-refractivity contribution in [2.75, 3.05) is 7.11 Å². The molecule has 1 aromatic carbocycles. The van der Waals surface area contributed by atoms with Gasteiger partial charge < -0.3 is 4.74 Å². The van der Waals surface area contributed by atoms with Gasteiger partial charge in [-0.05, 0) is 36.1 Å². The lowest BCUT2D eigenvalue weighted by molar-refractivity contribution is 0.414. The van der Waals surface area contributed by atoms with E-state index < -0.39 is 0 Å². The average Bonchev–Trinajstić information content (AvgIpc) is 2.25. The summed E-state index contributed by atoms with van der Waals surface area (Å²) in [6.07, 6.45) is 5.76. The van der Waals surface area contributed by atoms with Crippen LogP contribution in [-0.2, 0) is 6.42 Å². The predicted octanol–water partition coefficient (Wildman–Crippen LogP) is 3.46. The van der Waals surface area contributed by atoms with Crippen LogP contribution in [0, 0.1) is 0 Å². The van der Waals surface area contributed by atoms with Gasteiger partial charge in [0.05, 0.1) is 7.11 Å². The second-order valence-electron chi connectivity index (χ2n) is 3.10. The second-order valence-corrected chi connectivity index (χ2v) is 3.10. The Bertz CT molecular complexity index is 326. The molecule has 0 N–H and O–H groups in total. The highest BCUT2D eigenvalue weighted by Gasteiger charge is 2.00. The molecular formula is C13H16O. The highest BCUT2D eigenvalue weighted by molar-refractivity contribution is 5.54. The van der Waals surface area contributed by atoms with Crippen LogP contribution in [0.25, 0.3) is 6.08 Å². The first-order valence-electron chi connectivity index (χ1n) is 4.72. The van der Waals surface area contributed by atoms with E-state index in [9.17, 15) is 0 Å². The third kappa shape index (κ3) is 2.49. The lowest BCUT2D eigenvalue weighted by Gasteiger charge is -2.07. The van der Waals surface area contributed by atoms with E-state index in [0.717, 1.165) is 18.6 Å². The normalized spacial score (nSPS) is 9.50. The van der Waals surface area contributed by atoms with Gasteiger partial charge in [0.15, 0.2) is 0 Å². The maximum Gasteiger partial charge on any atom is 0.119 e. The van der Waals surface area contributed by atoms with Crippen LogP contribution in [-0.4, -0.2) is 7.11 Å². The lowest BCUT2D eigenvalue weighted by atomic mass is 10.0. The van der Waals surface area contributed by atoms with Gasteiger partial charge in [-0.25, -0.2) is 0 Å². The fourth-order valence-corrected chi connectivity index (χ4v) is 1.38. The zero-order valence-corrected chi connectivity index (χ0v) is 8.62.